The van der Waals surface area contributed by atoms with E-state index in [1.807, 2.05) is 24.3 Å². The molecule has 1 rings (SSSR count). The Morgan fingerprint density at radius 1 is 1.29 bits per heavy atom. The highest BCUT2D eigenvalue weighted by Crippen LogP contribution is 2.07. The van der Waals surface area contributed by atoms with Gasteiger partial charge in [0.2, 0.25) is 0 Å². The van der Waals surface area contributed by atoms with E-state index in [0.717, 1.165) is 25.0 Å². The van der Waals surface area contributed by atoms with Crippen molar-refractivity contribution in [2.75, 3.05) is 11.9 Å². The van der Waals surface area contributed by atoms with Gasteiger partial charge in [-0.15, -0.1) is 0 Å². The van der Waals surface area contributed by atoms with Crippen molar-refractivity contribution in [2.24, 2.45) is 0 Å². The third-order valence-corrected chi connectivity index (χ3v) is 2.07. The first-order valence-electron chi connectivity index (χ1n) is 4.92. The van der Waals surface area contributed by atoms with Crippen molar-refractivity contribution >= 4 is 5.69 Å². The van der Waals surface area contributed by atoms with Gasteiger partial charge >= 0.3 is 0 Å². The summed E-state index contributed by atoms with van der Waals surface area (Å²) in [4.78, 5) is 0. The van der Waals surface area contributed by atoms with Gasteiger partial charge in [0.15, 0.2) is 0 Å². The molecule has 0 atom stereocenters. The van der Waals surface area contributed by atoms with Gasteiger partial charge in [-0.2, -0.15) is 0 Å². The molecule has 14 heavy (non-hydrogen) atoms. The Morgan fingerprint density at radius 3 is 2.64 bits per heavy atom. The number of hydrogen-bond acceptors (Lipinski definition) is 1. The summed E-state index contributed by atoms with van der Waals surface area (Å²) in [5, 5.41) is 3.35. The predicted octanol–water partition coefficient (Wildman–Crippen LogP) is 3.62. The van der Waals surface area contributed by atoms with Gasteiger partial charge in [-0.25, -0.2) is 0 Å². The van der Waals surface area contributed by atoms with E-state index < -0.39 is 0 Å². The molecule has 0 aliphatic rings. The molecule has 0 saturated carbocycles. The van der Waals surface area contributed by atoms with E-state index in [2.05, 4.69) is 30.6 Å². The van der Waals surface area contributed by atoms with Crippen LogP contribution in [-0.2, 0) is 0 Å². The maximum absolute atomic E-state index is 3.87. The summed E-state index contributed by atoms with van der Waals surface area (Å²) in [5.41, 5.74) is 2.29. The topological polar surface area (TPSA) is 12.0 Å². The van der Waals surface area contributed by atoms with E-state index >= 15 is 0 Å². The summed E-state index contributed by atoms with van der Waals surface area (Å²) < 4.78 is 0. The Labute approximate surface area is 86.2 Å². The minimum absolute atomic E-state index is 0.983. The molecular weight excluding hydrogens is 170 g/mol. The van der Waals surface area contributed by atoms with Crippen LogP contribution in [-0.4, -0.2) is 6.54 Å². The molecule has 0 aromatic heterocycles. The number of benzene rings is 1. The minimum atomic E-state index is 0.983. The van der Waals surface area contributed by atoms with Crippen LogP contribution >= 0.6 is 0 Å². The van der Waals surface area contributed by atoms with Crippen molar-refractivity contribution in [1.82, 2.24) is 0 Å². The second-order valence-electron chi connectivity index (χ2n) is 3.26. The fourth-order valence-corrected chi connectivity index (χ4v) is 1.21. The predicted molar refractivity (Wildman–Crippen MR) is 63.5 cm³/mol. The summed E-state index contributed by atoms with van der Waals surface area (Å²) in [6.45, 7) is 8.53. The normalized spacial score (nSPS) is 9.43. The third-order valence-electron chi connectivity index (χ3n) is 2.07. The number of hydrogen-bond donors (Lipinski definition) is 1. The highest BCUT2D eigenvalue weighted by atomic mass is 14.9. The smallest absolute Gasteiger partial charge is 0.0340 e. The molecule has 0 fully saturated rings. The molecule has 0 spiro atoms. The average molecular weight is 187 g/mol. The summed E-state index contributed by atoms with van der Waals surface area (Å²) in [7, 11) is 0. The molecule has 0 amide bonds. The third kappa shape index (κ3) is 3.94. The molecular formula is C13H17N. The molecule has 0 aliphatic carbocycles. The van der Waals surface area contributed by atoms with Gasteiger partial charge in [0.1, 0.15) is 0 Å². The van der Waals surface area contributed by atoms with Crippen LogP contribution in [0.25, 0.3) is 0 Å². The molecule has 1 aromatic rings. The minimum Gasteiger partial charge on any atom is -0.385 e. The highest BCUT2D eigenvalue weighted by Gasteiger charge is 1.91. The molecule has 1 heteroatoms. The number of para-hydroxylation sites is 1. The molecule has 0 heterocycles. The van der Waals surface area contributed by atoms with E-state index in [9.17, 15) is 0 Å². The molecule has 0 saturated heterocycles. The molecule has 1 N–H and O–H groups in total. The van der Waals surface area contributed by atoms with E-state index in [0.29, 0.717) is 0 Å². The zero-order valence-electron chi connectivity index (χ0n) is 8.50. The van der Waals surface area contributed by atoms with Crippen LogP contribution < -0.4 is 5.32 Å². The number of nitrogens with one attached hydrogen (secondary N) is 1. The van der Waals surface area contributed by atoms with Crippen molar-refractivity contribution in [1.29, 1.82) is 0 Å². The first kappa shape index (κ1) is 10.6. The Morgan fingerprint density at radius 2 is 2.00 bits per heavy atom. The van der Waals surface area contributed by atoms with E-state index in [1.54, 1.807) is 0 Å². The Kier molecular flexibility index (Phi) is 4.56. The van der Waals surface area contributed by atoms with Crippen molar-refractivity contribution in [3.8, 4) is 0 Å². The molecule has 0 bridgehead atoms. The highest BCUT2D eigenvalue weighted by molar-refractivity contribution is 5.42. The van der Waals surface area contributed by atoms with Crippen LogP contribution in [0.3, 0.4) is 0 Å². The van der Waals surface area contributed by atoms with Gasteiger partial charge in [-0.3, -0.25) is 0 Å². The fraction of sp³-hybridized carbons (Fsp3) is 0.231. The molecule has 0 unspecified atom stereocenters. The van der Waals surface area contributed by atoms with Gasteiger partial charge in [0.25, 0.3) is 0 Å². The molecule has 0 radical (unpaired) electrons. The summed E-state index contributed by atoms with van der Waals surface area (Å²) in [6.07, 6.45) is 3.94. The standard InChI is InChI=1S/C13H17N/c1-3-12(2)8-7-11-14-13-9-5-4-6-10-13/h3-6,9-10,14H,1-2,7-8,11H2. The second kappa shape index (κ2) is 6.03. The number of rotatable bonds is 6. The molecule has 1 aromatic carbocycles. The lowest BCUT2D eigenvalue weighted by Gasteiger charge is -2.05. The van der Waals surface area contributed by atoms with E-state index in [4.69, 9.17) is 0 Å². The lowest BCUT2D eigenvalue weighted by molar-refractivity contribution is 0.869. The number of allylic oxidation sites excluding steroid dienone is 2. The lowest BCUT2D eigenvalue weighted by Crippen LogP contribution is -2.00. The zero-order chi connectivity index (χ0) is 10.2. The quantitative estimate of drug-likeness (QED) is 0.530. The van der Waals surface area contributed by atoms with Gasteiger partial charge in [0, 0.05) is 12.2 Å². The maximum atomic E-state index is 3.87. The second-order valence-corrected chi connectivity index (χ2v) is 3.26. The Bertz CT molecular complexity index is 287. The van der Waals surface area contributed by atoms with Gasteiger partial charge in [-0.1, -0.05) is 43.0 Å². The zero-order valence-corrected chi connectivity index (χ0v) is 8.50. The van der Waals surface area contributed by atoms with Crippen LogP contribution in [0.2, 0.25) is 0 Å². The SMILES string of the molecule is C=CC(=C)CCCNc1ccccc1. The van der Waals surface area contributed by atoms with Crippen molar-refractivity contribution in [3.63, 3.8) is 0 Å². The summed E-state index contributed by atoms with van der Waals surface area (Å²) >= 11 is 0. The van der Waals surface area contributed by atoms with Crippen molar-refractivity contribution in [2.45, 2.75) is 12.8 Å². The monoisotopic (exact) mass is 187 g/mol. The Balaban J connectivity index is 2.16. The van der Waals surface area contributed by atoms with Crippen LogP contribution in [0.5, 0.6) is 0 Å². The number of anilines is 1. The van der Waals surface area contributed by atoms with Crippen molar-refractivity contribution < 1.29 is 0 Å². The maximum Gasteiger partial charge on any atom is 0.0340 e. The summed E-state index contributed by atoms with van der Waals surface area (Å²) in [5.74, 6) is 0. The van der Waals surface area contributed by atoms with E-state index in [-0.39, 0.29) is 0 Å². The molecule has 1 nitrogen and oxygen atoms in total. The first-order chi connectivity index (χ1) is 6.83. The average Bonchev–Trinajstić information content (AvgIpc) is 2.25. The largest absolute Gasteiger partial charge is 0.385 e. The fourth-order valence-electron chi connectivity index (χ4n) is 1.21. The van der Waals surface area contributed by atoms with E-state index in [1.165, 1.54) is 5.69 Å². The first-order valence-corrected chi connectivity index (χ1v) is 4.92. The van der Waals surface area contributed by atoms with Crippen LogP contribution in [0.1, 0.15) is 12.8 Å². The van der Waals surface area contributed by atoms with Crippen LogP contribution in [0.4, 0.5) is 5.69 Å². The van der Waals surface area contributed by atoms with Gasteiger partial charge in [0.05, 0.1) is 0 Å². The van der Waals surface area contributed by atoms with Crippen LogP contribution in [0, 0.1) is 0 Å². The van der Waals surface area contributed by atoms with Gasteiger partial charge < -0.3 is 5.32 Å². The van der Waals surface area contributed by atoms with Gasteiger partial charge in [-0.05, 0) is 25.0 Å². The Hall–Kier alpha value is -1.50. The van der Waals surface area contributed by atoms with Crippen LogP contribution in [0.15, 0.2) is 55.1 Å². The molecule has 74 valence electrons. The molecule has 0 aliphatic heterocycles. The van der Waals surface area contributed by atoms with Crippen molar-refractivity contribution in [3.05, 3.63) is 55.1 Å². The lowest BCUT2D eigenvalue weighted by atomic mass is 10.1. The summed E-state index contributed by atoms with van der Waals surface area (Å²) in [6, 6.07) is 10.2.